The fraction of sp³-hybridized carbons (Fsp3) is 0.300. The van der Waals surface area contributed by atoms with E-state index in [2.05, 4.69) is 113 Å². The van der Waals surface area contributed by atoms with Gasteiger partial charge in [-0.2, -0.15) is 5.57 Å². The van der Waals surface area contributed by atoms with Gasteiger partial charge in [-0.3, -0.25) is 9.69 Å². The van der Waals surface area contributed by atoms with E-state index in [0.29, 0.717) is 19.3 Å². The molecule has 0 aromatic heterocycles. The fourth-order valence-corrected chi connectivity index (χ4v) is 8.50. The summed E-state index contributed by atoms with van der Waals surface area (Å²) in [7, 11) is 0. The molecular formula is C40H39LiN2O3. The van der Waals surface area contributed by atoms with Gasteiger partial charge in [-0.1, -0.05) is 140 Å². The molecular weight excluding hydrogens is 563 g/mol. The first-order valence-electron chi connectivity index (χ1n) is 16.4. The van der Waals surface area contributed by atoms with E-state index in [9.17, 15) is 4.79 Å². The molecule has 5 atom stereocenters. The molecule has 5 nitrogen and oxygen atoms in total. The first kappa shape index (κ1) is 30.9. The second-order valence-electron chi connectivity index (χ2n) is 12.5. The number of esters is 1. The molecule has 228 valence electrons. The summed E-state index contributed by atoms with van der Waals surface area (Å²) in [6, 6.07) is 43.4. The predicted molar refractivity (Wildman–Crippen MR) is 175 cm³/mol. The van der Waals surface area contributed by atoms with Crippen LogP contribution in [0.3, 0.4) is 0 Å². The number of piperazine rings is 1. The minimum atomic E-state index is -0.503. The van der Waals surface area contributed by atoms with Gasteiger partial charge in [0.15, 0.2) is 0 Å². The van der Waals surface area contributed by atoms with Gasteiger partial charge in [0, 0.05) is 18.6 Å². The summed E-state index contributed by atoms with van der Waals surface area (Å²) < 4.78 is 12.5. The zero-order valence-electron chi connectivity index (χ0n) is 26.7. The number of carbonyl (C=O) groups excluding carboxylic acids is 1. The van der Waals surface area contributed by atoms with Crippen molar-refractivity contribution in [2.24, 2.45) is 0 Å². The van der Waals surface area contributed by atoms with Crippen LogP contribution in [0.15, 0.2) is 133 Å². The number of rotatable bonds is 9. The molecule has 4 aromatic rings. The minimum absolute atomic E-state index is 0. The summed E-state index contributed by atoms with van der Waals surface area (Å²) in [4.78, 5) is 19.2. The van der Waals surface area contributed by atoms with Crippen molar-refractivity contribution in [2.75, 3.05) is 13.2 Å². The van der Waals surface area contributed by atoms with Gasteiger partial charge in [-0.15, -0.1) is 5.70 Å². The molecule has 0 N–H and O–H groups in total. The molecule has 2 fully saturated rings. The molecule has 46 heavy (non-hydrogen) atoms. The molecule has 3 unspecified atom stereocenters. The summed E-state index contributed by atoms with van der Waals surface area (Å²) in [5.41, 5.74) is 6.74. The SMILES string of the molecule is CCOC(=O)[C-]1C2=C(CCCC2OCc2ccccc2)N2C[C@H]3[C@@H](C12)N3C(c1ccccc1)(c1ccccc1)c1ccccc1.[Li+]. The summed E-state index contributed by atoms with van der Waals surface area (Å²) in [5.74, 6) is 0.632. The summed E-state index contributed by atoms with van der Waals surface area (Å²) in [6.07, 6.45) is 2.82. The quantitative estimate of drug-likeness (QED) is 0.0957. The van der Waals surface area contributed by atoms with Crippen molar-refractivity contribution in [3.05, 3.63) is 161 Å². The van der Waals surface area contributed by atoms with Gasteiger partial charge < -0.3 is 14.4 Å². The molecule has 3 aliphatic heterocycles. The average molecular weight is 603 g/mol. The number of carbonyl (C=O) groups is 1. The number of hydrogen-bond donors (Lipinski definition) is 0. The third kappa shape index (κ3) is 4.93. The van der Waals surface area contributed by atoms with Crippen molar-refractivity contribution in [2.45, 2.75) is 62.6 Å². The molecule has 3 heterocycles. The van der Waals surface area contributed by atoms with Crippen LogP contribution in [0.1, 0.15) is 48.4 Å². The molecule has 1 aliphatic carbocycles. The Hall–Kier alpha value is -3.72. The molecule has 0 spiro atoms. The molecule has 0 radical (unpaired) electrons. The topological polar surface area (TPSA) is 41.8 Å². The number of nitrogens with zero attached hydrogens (tertiary/aromatic N) is 2. The second kappa shape index (κ2) is 12.8. The largest absolute Gasteiger partial charge is 1.00 e. The van der Waals surface area contributed by atoms with Gasteiger partial charge in [-0.25, -0.2) is 0 Å². The van der Waals surface area contributed by atoms with Gasteiger partial charge in [0.1, 0.15) is 0 Å². The van der Waals surface area contributed by atoms with Crippen LogP contribution in [-0.2, 0) is 26.4 Å². The van der Waals surface area contributed by atoms with E-state index in [-0.39, 0.29) is 43.0 Å². The van der Waals surface area contributed by atoms with Crippen LogP contribution in [0.25, 0.3) is 0 Å². The number of ether oxygens (including phenoxy) is 2. The fourth-order valence-electron chi connectivity index (χ4n) is 8.50. The normalized spacial score (nSPS) is 24.5. The van der Waals surface area contributed by atoms with E-state index in [1.54, 1.807) is 0 Å². The van der Waals surface area contributed by atoms with Crippen LogP contribution >= 0.6 is 0 Å². The second-order valence-corrected chi connectivity index (χ2v) is 12.5. The number of allylic oxidation sites excluding steroid dienone is 1. The van der Waals surface area contributed by atoms with Crippen LogP contribution in [-0.4, -0.2) is 53.2 Å². The minimum Gasteiger partial charge on any atom is -0.476 e. The number of benzene rings is 4. The Morgan fingerprint density at radius 2 is 1.37 bits per heavy atom. The zero-order chi connectivity index (χ0) is 30.4. The summed E-state index contributed by atoms with van der Waals surface area (Å²) in [5, 5.41) is 0. The van der Waals surface area contributed by atoms with Crippen LogP contribution in [0, 0.1) is 5.92 Å². The number of fused-ring (bicyclic) bond motifs is 4. The van der Waals surface area contributed by atoms with E-state index in [0.717, 1.165) is 42.9 Å². The molecule has 8 rings (SSSR count). The Kier molecular flexibility index (Phi) is 8.61. The molecule has 4 aliphatic rings. The standard InChI is InChI=1S/C40H39N2O3.Li/c1-2-44-39(43)36-35-32(24-15-25-34(35)45-27-28-16-7-3-8-17-28)41-26-33-37(38(36)41)42(33)40(29-18-9-4-10-19-29,30-20-11-5-12-21-30)31-22-13-6-14-23-31;/h3-14,16-23,33-34,37-38H,2,15,24-27H2,1H3;/q-1;+1/t33-,34?,37-,38?,42?;/m0./s1. The van der Waals surface area contributed by atoms with E-state index >= 15 is 0 Å². The van der Waals surface area contributed by atoms with Crippen LogP contribution < -0.4 is 18.9 Å². The Labute approximate surface area is 284 Å². The van der Waals surface area contributed by atoms with Crippen molar-refractivity contribution in [1.82, 2.24) is 9.80 Å². The van der Waals surface area contributed by atoms with Crippen LogP contribution in [0.4, 0.5) is 0 Å². The summed E-state index contributed by atoms with van der Waals surface area (Å²) in [6.45, 7) is 3.67. The van der Waals surface area contributed by atoms with Gasteiger partial charge in [0.05, 0.1) is 24.9 Å². The maximum Gasteiger partial charge on any atom is 1.00 e. The molecule has 4 aromatic carbocycles. The van der Waals surface area contributed by atoms with Crippen molar-refractivity contribution in [3.63, 3.8) is 0 Å². The van der Waals surface area contributed by atoms with Gasteiger partial charge in [0.2, 0.25) is 0 Å². The van der Waals surface area contributed by atoms with E-state index in [4.69, 9.17) is 9.47 Å². The molecule has 0 amide bonds. The van der Waals surface area contributed by atoms with Crippen molar-refractivity contribution < 1.29 is 33.1 Å². The maximum atomic E-state index is 14.0. The molecule has 0 bridgehead atoms. The van der Waals surface area contributed by atoms with E-state index in [1.807, 2.05) is 25.1 Å². The third-order valence-electron chi connectivity index (χ3n) is 10.2. The smallest absolute Gasteiger partial charge is 0.476 e. The van der Waals surface area contributed by atoms with Crippen LogP contribution in [0.5, 0.6) is 0 Å². The predicted octanol–water partition coefficient (Wildman–Crippen LogP) is 3.89. The maximum absolute atomic E-state index is 14.0. The molecule has 2 saturated heterocycles. The first-order valence-corrected chi connectivity index (χ1v) is 16.4. The van der Waals surface area contributed by atoms with E-state index < -0.39 is 5.54 Å². The molecule has 6 heteroatoms. The Morgan fingerprint density at radius 3 is 1.91 bits per heavy atom. The van der Waals surface area contributed by atoms with Crippen LogP contribution in [0.2, 0.25) is 0 Å². The molecule has 0 saturated carbocycles. The van der Waals surface area contributed by atoms with Crippen molar-refractivity contribution in [1.29, 1.82) is 0 Å². The van der Waals surface area contributed by atoms with Gasteiger partial charge in [0.25, 0.3) is 5.97 Å². The monoisotopic (exact) mass is 602 g/mol. The summed E-state index contributed by atoms with van der Waals surface area (Å²) >= 11 is 0. The van der Waals surface area contributed by atoms with E-state index in [1.165, 1.54) is 22.4 Å². The van der Waals surface area contributed by atoms with Gasteiger partial charge >= 0.3 is 18.9 Å². The zero-order valence-corrected chi connectivity index (χ0v) is 26.7. The first-order chi connectivity index (χ1) is 22.2. The Morgan fingerprint density at radius 1 is 0.826 bits per heavy atom. The Balaban J connectivity index is 0.00000338. The Bertz CT molecular complexity index is 1580. The van der Waals surface area contributed by atoms with Crippen molar-refractivity contribution in [3.8, 4) is 0 Å². The number of hydrogen-bond acceptors (Lipinski definition) is 5. The van der Waals surface area contributed by atoms with Crippen molar-refractivity contribution >= 4 is 5.97 Å². The van der Waals surface area contributed by atoms with Gasteiger partial charge in [-0.05, 0) is 41.6 Å². The third-order valence-corrected chi connectivity index (χ3v) is 10.2. The average Bonchev–Trinajstić information content (AvgIpc) is 3.49.